The van der Waals surface area contributed by atoms with Crippen molar-refractivity contribution < 1.29 is 9.53 Å². The molecule has 1 amide bonds. The summed E-state index contributed by atoms with van der Waals surface area (Å²) in [6.45, 7) is 7.28. The predicted molar refractivity (Wildman–Crippen MR) is 102 cm³/mol. The van der Waals surface area contributed by atoms with Gasteiger partial charge in [-0.2, -0.15) is 5.10 Å². The first-order valence-electron chi connectivity index (χ1n) is 9.43. The van der Waals surface area contributed by atoms with Crippen LogP contribution in [0.1, 0.15) is 54.4 Å². The number of hydrogen-bond donors (Lipinski definition) is 1. The molecule has 0 saturated heterocycles. The fraction of sp³-hybridized carbons (Fsp3) is 0.450. The lowest BCUT2D eigenvalue weighted by molar-refractivity contribution is -0.00903. The zero-order chi connectivity index (χ0) is 19.1. The van der Waals surface area contributed by atoms with Crippen LogP contribution in [-0.4, -0.2) is 31.3 Å². The largest absolute Gasteiger partial charge is 0.369 e. The lowest BCUT2D eigenvalue weighted by Gasteiger charge is -2.26. The second-order valence-electron chi connectivity index (χ2n) is 7.07. The molecule has 2 aromatic heterocycles. The number of aromatic nitrogens is 4. The maximum Gasteiger partial charge on any atom is 0.272 e. The summed E-state index contributed by atoms with van der Waals surface area (Å²) in [5, 5.41) is 7.48. The number of imidazole rings is 1. The van der Waals surface area contributed by atoms with E-state index in [2.05, 4.69) is 33.0 Å². The Labute approximate surface area is 158 Å². The van der Waals surface area contributed by atoms with E-state index in [0.717, 1.165) is 34.7 Å². The predicted octanol–water partition coefficient (Wildman–Crippen LogP) is 2.74. The van der Waals surface area contributed by atoms with Gasteiger partial charge in [-0.1, -0.05) is 12.1 Å². The minimum absolute atomic E-state index is 0.0629. The van der Waals surface area contributed by atoms with Gasteiger partial charge in [-0.25, -0.2) is 4.98 Å². The van der Waals surface area contributed by atoms with E-state index in [-0.39, 0.29) is 18.1 Å². The minimum Gasteiger partial charge on any atom is -0.369 e. The Hall–Kier alpha value is -2.67. The molecule has 27 heavy (non-hydrogen) atoms. The van der Waals surface area contributed by atoms with E-state index >= 15 is 0 Å². The van der Waals surface area contributed by atoms with Gasteiger partial charge in [-0.05, 0) is 32.9 Å². The molecule has 1 N–H and O–H groups in total. The van der Waals surface area contributed by atoms with E-state index in [9.17, 15) is 4.79 Å². The molecule has 0 spiro atoms. The number of nitrogens with one attached hydrogen (secondary N) is 1. The van der Waals surface area contributed by atoms with Crippen LogP contribution in [0.3, 0.4) is 0 Å². The minimum atomic E-state index is -0.164. The molecule has 3 heterocycles. The van der Waals surface area contributed by atoms with Crippen LogP contribution in [0, 0.1) is 0 Å². The Morgan fingerprint density at radius 3 is 2.89 bits per heavy atom. The fourth-order valence-electron chi connectivity index (χ4n) is 4.08. The Morgan fingerprint density at radius 1 is 1.33 bits per heavy atom. The molecule has 1 aliphatic rings. The monoisotopic (exact) mass is 367 g/mol. The number of para-hydroxylation sites is 2. The van der Waals surface area contributed by atoms with Crippen molar-refractivity contribution in [1.82, 2.24) is 24.6 Å². The third-order valence-corrected chi connectivity index (χ3v) is 5.18. The number of ether oxygens (including phenoxy) is 1. The molecule has 0 fully saturated rings. The second kappa shape index (κ2) is 6.81. The summed E-state index contributed by atoms with van der Waals surface area (Å²) in [5.74, 6) is 0.685. The van der Waals surface area contributed by atoms with E-state index in [1.54, 1.807) is 4.68 Å². The van der Waals surface area contributed by atoms with Crippen molar-refractivity contribution in [2.45, 2.75) is 52.5 Å². The van der Waals surface area contributed by atoms with Gasteiger partial charge in [0.05, 0.1) is 35.5 Å². The molecule has 7 heteroatoms. The summed E-state index contributed by atoms with van der Waals surface area (Å²) in [5.41, 5.74) is 4.50. The average molecular weight is 367 g/mol. The van der Waals surface area contributed by atoms with Crippen LogP contribution in [0.15, 0.2) is 24.3 Å². The highest BCUT2D eigenvalue weighted by atomic mass is 16.5. The first-order chi connectivity index (χ1) is 13.0. The number of hydrogen-bond acceptors (Lipinski definition) is 4. The van der Waals surface area contributed by atoms with Gasteiger partial charge >= 0.3 is 0 Å². The van der Waals surface area contributed by atoms with Gasteiger partial charge < -0.3 is 14.6 Å². The standard InChI is InChI=1S/C20H25N5O2/c1-5-25-16-9-7-6-8-15(16)22-17(25)11-21-20(26)18-14-10-12(2)27-13(3)19(14)24(4)23-18/h6-9,12-13H,5,10-11H2,1-4H3,(H,21,26)/t12-,13+/m0/s1. The first kappa shape index (κ1) is 17.7. The molecule has 0 unspecified atom stereocenters. The van der Waals surface area contributed by atoms with Crippen molar-refractivity contribution in [2.75, 3.05) is 0 Å². The molecule has 0 radical (unpaired) electrons. The summed E-state index contributed by atoms with van der Waals surface area (Å²) in [7, 11) is 1.86. The van der Waals surface area contributed by atoms with Gasteiger partial charge in [0.2, 0.25) is 0 Å². The topological polar surface area (TPSA) is 74.0 Å². The zero-order valence-electron chi connectivity index (χ0n) is 16.2. The van der Waals surface area contributed by atoms with E-state index in [1.165, 1.54) is 0 Å². The molecule has 4 rings (SSSR count). The van der Waals surface area contributed by atoms with Crippen molar-refractivity contribution in [2.24, 2.45) is 7.05 Å². The van der Waals surface area contributed by atoms with Crippen molar-refractivity contribution in [3.8, 4) is 0 Å². The summed E-state index contributed by atoms with van der Waals surface area (Å²) < 4.78 is 9.77. The Kier molecular flexibility index (Phi) is 4.47. The molecule has 1 aromatic carbocycles. The number of carbonyl (C=O) groups excluding carboxylic acids is 1. The first-order valence-corrected chi connectivity index (χ1v) is 9.43. The molecule has 0 bridgehead atoms. The number of fused-ring (bicyclic) bond motifs is 2. The molecule has 0 aliphatic carbocycles. The maximum absolute atomic E-state index is 12.9. The Morgan fingerprint density at radius 2 is 2.11 bits per heavy atom. The second-order valence-corrected chi connectivity index (χ2v) is 7.07. The van der Waals surface area contributed by atoms with Gasteiger partial charge in [0, 0.05) is 25.6 Å². The van der Waals surface area contributed by atoms with Crippen molar-refractivity contribution in [3.63, 3.8) is 0 Å². The van der Waals surface area contributed by atoms with Gasteiger partial charge in [-0.3, -0.25) is 9.48 Å². The lowest BCUT2D eigenvalue weighted by Crippen LogP contribution is -2.28. The van der Waals surface area contributed by atoms with Crippen LogP contribution in [0.4, 0.5) is 0 Å². The van der Waals surface area contributed by atoms with Crippen molar-refractivity contribution in [3.05, 3.63) is 47.0 Å². The van der Waals surface area contributed by atoms with Gasteiger partial charge in [-0.15, -0.1) is 0 Å². The number of amides is 1. The number of aryl methyl sites for hydroxylation is 2. The summed E-state index contributed by atoms with van der Waals surface area (Å²) >= 11 is 0. The van der Waals surface area contributed by atoms with Crippen molar-refractivity contribution in [1.29, 1.82) is 0 Å². The highest BCUT2D eigenvalue weighted by molar-refractivity contribution is 5.94. The van der Waals surface area contributed by atoms with Gasteiger partial charge in [0.25, 0.3) is 5.91 Å². The van der Waals surface area contributed by atoms with E-state index < -0.39 is 0 Å². The normalized spacial score (nSPS) is 19.3. The molecular formula is C20H25N5O2. The summed E-state index contributed by atoms with van der Waals surface area (Å²) in [4.78, 5) is 17.5. The SMILES string of the molecule is CCn1c(CNC(=O)c2nn(C)c3c2C[C@H](C)O[C@@H]3C)nc2ccccc21. The molecule has 142 valence electrons. The van der Waals surface area contributed by atoms with Crippen molar-refractivity contribution >= 4 is 16.9 Å². The van der Waals surface area contributed by atoms with Crippen LogP contribution >= 0.6 is 0 Å². The highest BCUT2D eigenvalue weighted by Crippen LogP contribution is 2.31. The number of rotatable bonds is 4. The van der Waals surface area contributed by atoms with Crippen LogP contribution in [0.25, 0.3) is 11.0 Å². The third-order valence-electron chi connectivity index (χ3n) is 5.18. The van der Waals surface area contributed by atoms with E-state index in [4.69, 9.17) is 4.74 Å². The van der Waals surface area contributed by atoms with Crippen LogP contribution in [-0.2, 0) is 31.3 Å². The Balaban J connectivity index is 1.59. The molecule has 0 saturated carbocycles. The fourth-order valence-corrected chi connectivity index (χ4v) is 4.08. The Bertz CT molecular complexity index is 1000. The smallest absolute Gasteiger partial charge is 0.272 e. The average Bonchev–Trinajstić information content (AvgIpc) is 3.16. The maximum atomic E-state index is 12.9. The molecule has 7 nitrogen and oxygen atoms in total. The zero-order valence-corrected chi connectivity index (χ0v) is 16.2. The molecule has 3 aromatic rings. The molecular weight excluding hydrogens is 342 g/mol. The van der Waals surface area contributed by atoms with Crippen LogP contribution in [0.2, 0.25) is 0 Å². The summed E-state index contributed by atoms with van der Waals surface area (Å²) in [6, 6.07) is 8.02. The number of carbonyl (C=O) groups is 1. The van der Waals surface area contributed by atoms with E-state index in [1.807, 2.05) is 39.1 Å². The van der Waals surface area contributed by atoms with Gasteiger partial charge in [0.15, 0.2) is 5.69 Å². The quantitative estimate of drug-likeness (QED) is 0.769. The molecule has 2 atom stereocenters. The number of nitrogens with zero attached hydrogens (tertiary/aromatic N) is 4. The molecule has 1 aliphatic heterocycles. The van der Waals surface area contributed by atoms with E-state index in [0.29, 0.717) is 18.7 Å². The number of benzene rings is 1. The van der Waals surface area contributed by atoms with Crippen LogP contribution in [0.5, 0.6) is 0 Å². The van der Waals surface area contributed by atoms with Crippen LogP contribution < -0.4 is 5.32 Å². The third kappa shape index (κ3) is 3.02. The van der Waals surface area contributed by atoms with Gasteiger partial charge in [0.1, 0.15) is 5.82 Å². The lowest BCUT2D eigenvalue weighted by atomic mass is 9.99. The summed E-state index contributed by atoms with van der Waals surface area (Å²) in [6.07, 6.45) is 0.712. The highest BCUT2D eigenvalue weighted by Gasteiger charge is 2.31.